The van der Waals surface area contributed by atoms with Crippen molar-refractivity contribution in [3.8, 4) is 0 Å². The topological polar surface area (TPSA) is 43.4 Å². The molecule has 1 aromatic heterocycles. The minimum atomic E-state index is 0.0816. The first-order valence-corrected chi connectivity index (χ1v) is 6.40. The van der Waals surface area contributed by atoms with Gasteiger partial charge in [0.1, 0.15) is 0 Å². The van der Waals surface area contributed by atoms with Crippen molar-refractivity contribution in [1.29, 1.82) is 0 Å². The van der Waals surface area contributed by atoms with Gasteiger partial charge in [-0.2, -0.15) is 0 Å². The zero-order valence-electron chi connectivity index (χ0n) is 11.4. The van der Waals surface area contributed by atoms with Gasteiger partial charge in [-0.15, -0.1) is 0 Å². The number of rotatable bonds is 7. The number of aromatic nitrogens is 1. The first-order valence-electron chi connectivity index (χ1n) is 6.40. The van der Waals surface area contributed by atoms with Gasteiger partial charge < -0.3 is 14.8 Å². The first kappa shape index (κ1) is 13.9. The maximum absolute atomic E-state index is 5.32. The van der Waals surface area contributed by atoms with E-state index in [-0.39, 0.29) is 6.10 Å². The van der Waals surface area contributed by atoms with E-state index in [0.29, 0.717) is 6.61 Å². The Hall–Kier alpha value is -1.49. The molecule has 0 fully saturated rings. The van der Waals surface area contributed by atoms with Crippen LogP contribution in [0.4, 0.5) is 0 Å². The molecule has 0 aliphatic rings. The van der Waals surface area contributed by atoms with Gasteiger partial charge in [-0.25, -0.2) is 0 Å². The molecule has 0 spiro atoms. The van der Waals surface area contributed by atoms with Gasteiger partial charge in [-0.1, -0.05) is 18.2 Å². The van der Waals surface area contributed by atoms with E-state index < -0.39 is 0 Å². The van der Waals surface area contributed by atoms with Gasteiger partial charge in [0, 0.05) is 38.9 Å². The third kappa shape index (κ3) is 3.73. The molecule has 1 aromatic carbocycles. The Labute approximate surface area is 113 Å². The predicted octanol–water partition coefficient (Wildman–Crippen LogP) is 1.99. The molecule has 2 aromatic rings. The number of hydrogen-bond acceptors (Lipinski definition) is 4. The van der Waals surface area contributed by atoms with Crippen LogP contribution in [0.3, 0.4) is 0 Å². The number of pyridine rings is 1. The third-order valence-corrected chi connectivity index (χ3v) is 3.11. The highest BCUT2D eigenvalue weighted by molar-refractivity contribution is 5.81. The third-order valence-electron chi connectivity index (χ3n) is 3.11. The van der Waals surface area contributed by atoms with Gasteiger partial charge in [0.15, 0.2) is 0 Å². The van der Waals surface area contributed by atoms with Crippen LogP contribution in [0.15, 0.2) is 36.5 Å². The summed E-state index contributed by atoms with van der Waals surface area (Å²) >= 11 is 0. The highest BCUT2D eigenvalue weighted by atomic mass is 16.5. The van der Waals surface area contributed by atoms with Crippen molar-refractivity contribution < 1.29 is 9.47 Å². The maximum atomic E-state index is 5.32. The van der Waals surface area contributed by atoms with Crippen molar-refractivity contribution in [3.05, 3.63) is 42.1 Å². The zero-order chi connectivity index (χ0) is 13.5. The number of para-hydroxylation sites is 1. The molecule has 19 heavy (non-hydrogen) atoms. The molecule has 0 aliphatic carbocycles. The Bertz CT molecular complexity index is 511. The van der Waals surface area contributed by atoms with Crippen LogP contribution < -0.4 is 5.32 Å². The summed E-state index contributed by atoms with van der Waals surface area (Å²) in [4.78, 5) is 4.36. The standard InChI is InChI=1S/C15H20N2O2/c1-18-11-13(19-2)10-16-9-12-7-8-17-15-6-4-3-5-14(12)15/h3-8,13,16H,9-11H2,1-2H3. The molecular weight excluding hydrogens is 240 g/mol. The summed E-state index contributed by atoms with van der Waals surface area (Å²) in [5, 5.41) is 4.59. The molecule has 0 aliphatic heterocycles. The Morgan fingerprint density at radius 2 is 2.05 bits per heavy atom. The molecule has 0 radical (unpaired) electrons. The minimum absolute atomic E-state index is 0.0816. The molecule has 1 atom stereocenters. The van der Waals surface area contributed by atoms with Crippen LogP contribution in [0.25, 0.3) is 10.9 Å². The summed E-state index contributed by atoms with van der Waals surface area (Å²) < 4.78 is 10.4. The highest BCUT2D eigenvalue weighted by Crippen LogP contribution is 2.15. The van der Waals surface area contributed by atoms with E-state index >= 15 is 0 Å². The second kappa shape index (κ2) is 7.19. The summed E-state index contributed by atoms with van der Waals surface area (Å²) in [5.74, 6) is 0. The van der Waals surface area contributed by atoms with Crippen LogP contribution >= 0.6 is 0 Å². The molecule has 1 heterocycles. The average molecular weight is 260 g/mol. The van der Waals surface area contributed by atoms with Crippen LogP contribution in [0.1, 0.15) is 5.56 Å². The van der Waals surface area contributed by atoms with Crippen LogP contribution in [0.5, 0.6) is 0 Å². The van der Waals surface area contributed by atoms with E-state index in [4.69, 9.17) is 9.47 Å². The van der Waals surface area contributed by atoms with E-state index in [9.17, 15) is 0 Å². The summed E-state index contributed by atoms with van der Waals surface area (Å²) in [7, 11) is 3.38. The van der Waals surface area contributed by atoms with Gasteiger partial charge in [0.05, 0.1) is 18.2 Å². The number of ether oxygens (including phenoxy) is 2. The summed E-state index contributed by atoms with van der Waals surface area (Å²) in [6, 6.07) is 10.2. The predicted molar refractivity (Wildman–Crippen MR) is 76.1 cm³/mol. The number of nitrogens with zero attached hydrogens (tertiary/aromatic N) is 1. The van der Waals surface area contributed by atoms with Crippen molar-refractivity contribution in [2.75, 3.05) is 27.4 Å². The summed E-state index contributed by atoms with van der Waals surface area (Å²) in [6.45, 7) is 2.16. The Balaban J connectivity index is 1.98. The molecule has 0 saturated heterocycles. The fraction of sp³-hybridized carbons (Fsp3) is 0.400. The van der Waals surface area contributed by atoms with Gasteiger partial charge in [0.25, 0.3) is 0 Å². The molecule has 102 valence electrons. The van der Waals surface area contributed by atoms with E-state index in [1.54, 1.807) is 14.2 Å². The van der Waals surface area contributed by atoms with E-state index in [1.807, 2.05) is 30.5 Å². The fourth-order valence-corrected chi connectivity index (χ4v) is 2.07. The fourth-order valence-electron chi connectivity index (χ4n) is 2.07. The van der Waals surface area contributed by atoms with Gasteiger partial charge in [-0.3, -0.25) is 4.98 Å². The maximum Gasteiger partial charge on any atom is 0.0928 e. The van der Waals surface area contributed by atoms with E-state index in [1.165, 1.54) is 10.9 Å². The lowest BCUT2D eigenvalue weighted by Crippen LogP contribution is -2.31. The summed E-state index contributed by atoms with van der Waals surface area (Å²) in [6.07, 6.45) is 1.93. The van der Waals surface area contributed by atoms with Gasteiger partial charge >= 0.3 is 0 Å². The second-order valence-electron chi connectivity index (χ2n) is 4.43. The monoisotopic (exact) mass is 260 g/mol. The normalized spacial score (nSPS) is 12.7. The second-order valence-corrected chi connectivity index (χ2v) is 4.43. The van der Waals surface area contributed by atoms with Crippen molar-refractivity contribution in [1.82, 2.24) is 10.3 Å². The first-order chi connectivity index (χ1) is 9.35. The van der Waals surface area contributed by atoms with Crippen LogP contribution in [0.2, 0.25) is 0 Å². The molecule has 1 N–H and O–H groups in total. The van der Waals surface area contributed by atoms with Crippen molar-refractivity contribution in [2.45, 2.75) is 12.6 Å². The number of fused-ring (bicyclic) bond motifs is 1. The smallest absolute Gasteiger partial charge is 0.0928 e. The minimum Gasteiger partial charge on any atom is -0.382 e. The lowest BCUT2D eigenvalue weighted by molar-refractivity contribution is 0.0288. The Morgan fingerprint density at radius 1 is 1.21 bits per heavy atom. The quantitative estimate of drug-likeness (QED) is 0.826. The number of nitrogens with one attached hydrogen (secondary N) is 1. The molecule has 0 saturated carbocycles. The van der Waals surface area contributed by atoms with Crippen LogP contribution in [-0.4, -0.2) is 38.5 Å². The van der Waals surface area contributed by atoms with Crippen LogP contribution in [-0.2, 0) is 16.0 Å². The van der Waals surface area contributed by atoms with Crippen molar-refractivity contribution >= 4 is 10.9 Å². The Morgan fingerprint density at radius 3 is 2.84 bits per heavy atom. The highest BCUT2D eigenvalue weighted by Gasteiger charge is 2.06. The lowest BCUT2D eigenvalue weighted by atomic mass is 10.1. The zero-order valence-corrected chi connectivity index (χ0v) is 11.4. The lowest BCUT2D eigenvalue weighted by Gasteiger charge is -2.15. The Kier molecular flexibility index (Phi) is 5.27. The molecular formula is C15H20N2O2. The molecule has 2 rings (SSSR count). The van der Waals surface area contributed by atoms with Crippen molar-refractivity contribution in [2.24, 2.45) is 0 Å². The molecule has 4 heteroatoms. The summed E-state index contributed by atoms with van der Waals surface area (Å²) in [5.41, 5.74) is 2.28. The van der Waals surface area contributed by atoms with Crippen molar-refractivity contribution in [3.63, 3.8) is 0 Å². The van der Waals surface area contributed by atoms with E-state index in [2.05, 4.69) is 16.4 Å². The van der Waals surface area contributed by atoms with Crippen LogP contribution in [0, 0.1) is 0 Å². The average Bonchev–Trinajstić information content (AvgIpc) is 2.46. The SMILES string of the molecule is COCC(CNCc1ccnc2ccccc12)OC. The molecule has 4 nitrogen and oxygen atoms in total. The number of methoxy groups -OCH3 is 2. The molecule has 0 amide bonds. The molecule has 0 bridgehead atoms. The van der Waals surface area contributed by atoms with Gasteiger partial charge in [-0.05, 0) is 17.7 Å². The number of hydrogen-bond donors (Lipinski definition) is 1. The number of benzene rings is 1. The van der Waals surface area contributed by atoms with E-state index in [0.717, 1.165) is 18.6 Å². The largest absolute Gasteiger partial charge is 0.382 e. The molecule has 1 unspecified atom stereocenters. The van der Waals surface area contributed by atoms with Gasteiger partial charge in [0.2, 0.25) is 0 Å².